The van der Waals surface area contributed by atoms with Gasteiger partial charge in [-0.2, -0.15) is 0 Å². The molecule has 0 bridgehead atoms. The van der Waals surface area contributed by atoms with Crippen molar-refractivity contribution in [3.05, 3.63) is 40.1 Å². The second kappa shape index (κ2) is 2.87. The molecule has 1 aromatic carbocycles. The van der Waals surface area contributed by atoms with E-state index in [0.29, 0.717) is 5.92 Å². The summed E-state index contributed by atoms with van der Waals surface area (Å²) < 4.78 is 0. The van der Waals surface area contributed by atoms with Crippen molar-refractivity contribution in [3.63, 3.8) is 0 Å². The van der Waals surface area contributed by atoms with Crippen LogP contribution in [0.5, 0.6) is 5.75 Å². The predicted molar refractivity (Wildman–Crippen MR) is 50.9 cm³/mol. The van der Waals surface area contributed by atoms with Crippen LogP contribution in [0.15, 0.2) is 29.1 Å². The summed E-state index contributed by atoms with van der Waals surface area (Å²) in [4.78, 5) is 11.0. The Morgan fingerprint density at radius 2 is 1.92 bits per heavy atom. The Balaban J connectivity index is 2.41. The van der Waals surface area contributed by atoms with Gasteiger partial charge in [-0.15, -0.1) is 0 Å². The number of hydrogen-bond acceptors (Lipinski definition) is 2. The van der Waals surface area contributed by atoms with E-state index in [1.165, 1.54) is 18.6 Å². The minimum Gasteiger partial charge on any atom is -0.504 e. The van der Waals surface area contributed by atoms with Gasteiger partial charge in [-0.05, 0) is 36.0 Å². The molecule has 1 aromatic rings. The smallest absolute Gasteiger partial charge is 0.220 e. The Morgan fingerprint density at radius 1 is 1.31 bits per heavy atom. The number of rotatable bonds is 1. The molecule has 68 valence electrons. The van der Waals surface area contributed by atoms with Gasteiger partial charge in [0.2, 0.25) is 5.43 Å². The highest BCUT2D eigenvalue weighted by Gasteiger charge is 2.33. The molecule has 2 atom stereocenters. The zero-order chi connectivity index (χ0) is 9.42. The molecule has 0 spiro atoms. The standard InChI is InChI=1S/C11H12O2/c1-7-6-9(7)8-2-4-10(12)11(13)5-3-8/h2-5,7,9H,6H2,1H3,(H,12,13)/t7-,9?/m1/s1. The number of hydrogen-bond donors (Lipinski definition) is 1. The Bertz CT molecular complexity index is 384. The molecule has 13 heavy (non-hydrogen) atoms. The van der Waals surface area contributed by atoms with E-state index in [1.807, 2.05) is 12.1 Å². The second-order valence-electron chi connectivity index (χ2n) is 3.74. The largest absolute Gasteiger partial charge is 0.504 e. The summed E-state index contributed by atoms with van der Waals surface area (Å²) in [6.45, 7) is 2.19. The van der Waals surface area contributed by atoms with Crippen LogP contribution >= 0.6 is 0 Å². The fourth-order valence-electron chi connectivity index (χ4n) is 1.60. The molecule has 1 aliphatic carbocycles. The van der Waals surface area contributed by atoms with E-state index in [1.54, 1.807) is 0 Å². The van der Waals surface area contributed by atoms with Gasteiger partial charge in [-0.3, -0.25) is 4.79 Å². The Kier molecular flexibility index (Phi) is 1.83. The first-order valence-electron chi connectivity index (χ1n) is 4.51. The average Bonchev–Trinajstić information content (AvgIpc) is 2.82. The molecule has 1 N–H and O–H groups in total. The summed E-state index contributed by atoms with van der Waals surface area (Å²) in [6, 6.07) is 6.58. The fourth-order valence-corrected chi connectivity index (χ4v) is 1.60. The van der Waals surface area contributed by atoms with Crippen LogP contribution in [-0.2, 0) is 0 Å². The molecule has 0 aliphatic heterocycles. The maximum atomic E-state index is 11.0. The molecule has 1 aliphatic rings. The van der Waals surface area contributed by atoms with Crippen molar-refractivity contribution in [2.75, 3.05) is 0 Å². The van der Waals surface area contributed by atoms with Crippen LogP contribution in [0.25, 0.3) is 0 Å². The van der Waals surface area contributed by atoms with Crippen LogP contribution in [0, 0.1) is 5.92 Å². The lowest BCUT2D eigenvalue weighted by Gasteiger charge is -1.90. The molecular formula is C11H12O2. The van der Waals surface area contributed by atoms with Gasteiger partial charge >= 0.3 is 0 Å². The van der Waals surface area contributed by atoms with Crippen LogP contribution in [0.1, 0.15) is 24.8 Å². The van der Waals surface area contributed by atoms with Crippen LogP contribution < -0.4 is 5.43 Å². The maximum absolute atomic E-state index is 11.0. The minimum atomic E-state index is -0.306. The van der Waals surface area contributed by atoms with E-state index in [4.69, 9.17) is 5.11 Å². The first-order valence-corrected chi connectivity index (χ1v) is 4.51. The van der Waals surface area contributed by atoms with Crippen LogP contribution in [0.4, 0.5) is 0 Å². The van der Waals surface area contributed by atoms with Gasteiger partial charge in [0.25, 0.3) is 0 Å². The molecule has 0 amide bonds. The van der Waals surface area contributed by atoms with E-state index < -0.39 is 0 Å². The summed E-state index contributed by atoms with van der Waals surface area (Å²) in [7, 11) is 0. The average molecular weight is 176 g/mol. The van der Waals surface area contributed by atoms with Gasteiger partial charge < -0.3 is 5.11 Å². The molecule has 2 nitrogen and oxygen atoms in total. The van der Waals surface area contributed by atoms with Crippen LogP contribution in [0.3, 0.4) is 0 Å². The highest BCUT2D eigenvalue weighted by atomic mass is 16.3. The highest BCUT2D eigenvalue weighted by Crippen LogP contribution is 2.46. The van der Waals surface area contributed by atoms with Crippen molar-refractivity contribution >= 4 is 0 Å². The Labute approximate surface area is 76.9 Å². The summed E-state index contributed by atoms with van der Waals surface area (Å²) in [5.74, 6) is 1.14. The van der Waals surface area contributed by atoms with Gasteiger partial charge in [0.15, 0.2) is 5.75 Å². The zero-order valence-electron chi connectivity index (χ0n) is 7.53. The lowest BCUT2D eigenvalue weighted by Crippen LogP contribution is -1.91. The number of aromatic hydroxyl groups is 1. The van der Waals surface area contributed by atoms with Crippen molar-refractivity contribution in [3.8, 4) is 5.75 Å². The first-order chi connectivity index (χ1) is 6.18. The van der Waals surface area contributed by atoms with Gasteiger partial charge in [-0.25, -0.2) is 0 Å². The van der Waals surface area contributed by atoms with Gasteiger partial charge in [-0.1, -0.05) is 19.1 Å². The molecule has 2 heteroatoms. The molecule has 0 aromatic heterocycles. The molecule has 1 unspecified atom stereocenters. The van der Waals surface area contributed by atoms with Gasteiger partial charge in [0, 0.05) is 0 Å². The van der Waals surface area contributed by atoms with Crippen molar-refractivity contribution in [2.45, 2.75) is 19.3 Å². The zero-order valence-corrected chi connectivity index (χ0v) is 7.53. The quantitative estimate of drug-likeness (QED) is 0.709. The molecule has 1 fully saturated rings. The van der Waals surface area contributed by atoms with Crippen molar-refractivity contribution in [1.29, 1.82) is 0 Å². The summed E-state index contributed by atoms with van der Waals surface area (Å²) in [5, 5.41) is 9.16. The molecule has 1 saturated carbocycles. The highest BCUT2D eigenvalue weighted by molar-refractivity contribution is 5.29. The van der Waals surface area contributed by atoms with E-state index in [-0.39, 0.29) is 11.2 Å². The normalized spacial score (nSPS) is 25.6. The summed E-state index contributed by atoms with van der Waals surface area (Å²) in [6.07, 6.45) is 1.19. The molecular weight excluding hydrogens is 164 g/mol. The van der Waals surface area contributed by atoms with Crippen molar-refractivity contribution in [2.24, 2.45) is 5.92 Å². The van der Waals surface area contributed by atoms with E-state index in [0.717, 1.165) is 11.5 Å². The Hall–Kier alpha value is -1.31. The minimum absolute atomic E-state index is 0.167. The fraction of sp³-hybridized carbons (Fsp3) is 0.364. The third-order valence-electron chi connectivity index (χ3n) is 2.65. The monoisotopic (exact) mass is 176 g/mol. The lowest BCUT2D eigenvalue weighted by atomic mass is 10.1. The summed E-state index contributed by atoms with van der Waals surface area (Å²) in [5.41, 5.74) is 0.851. The van der Waals surface area contributed by atoms with Crippen LogP contribution in [-0.4, -0.2) is 5.11 Å². The van der Waals surface area contributed by atoms with E-state index in [2.05, 4.69) is 6.92 Å². The maximum Gasteiger partial charge on any atom is 0.220 e. The van der Waals surface area contributed by atoms with Crippen molar-refractivity contribution in [1.82, 2.24) is 0 Å². The second-order valence-corrected chi connectivity index (χ2v) is 3.74. The molecule has 0 radical (unpaired) electrons. The molecule has 0 heterocycles. The van der Waals surface area contributed by atoms with Gasteiger partial charge in [0.1, 0.15) is 0 Å². The topological polar surface area (TPSA) is 37.3 Å². The predicted octanol–water partition coefficient (Wildman–Crippen LogP) is 1.88. The molecule has 2 rings (SSSR count). The third-order valence-corrected chi connectivity index (χ3v) is 2.65. The summed E-state index contributed by atoms with van der Waals surface area (Å²) >= 11 is 0. The first kappa shape index (κ1) is 8.30. The van der Waals surface area contributed by atoms with E-state index >= 15 is 0 Å². The van der Waals surface area contributed by atoms with Crippen molar-refractivity contribution < 1.29 is 5.11 Å². The third kappa shape index (κ3) is 1.57. The van der Waals surface area contributed by atoms with E-state index in [9.17, 15) is 4.79 Å². The SMILES string of the molecule is C[C@@H]1CC1c1ccc(O)c(=O)cc1. The molecule has 0 saturated heterocycles. The Morgan fingerprint density at radius 3 is 2.54 bits per heavy atom. The van der Waals surface area contributed by atoms with Gasteiger partial charge in [0.05, 0.1) is 0 Å². The lowest BCUT2D eigenvalue weighted by molar-refractivity contribution is 0.471. The van der Waals surface area contributed by atoms with Crippen LogP contribution in [0.2, 0.25) is 0 Å².